The van der Waals surface area contributed by atoms with Gasteiger partial charge in [0.1, 0.15) is 24.7 Å². The van der Waals surface area contributed by atoms with Crippen LogP contribution in [0.3, 0.4) is 0 Å². The van der Waals surface area contributed by atoms with E-state index in [-0.39, 0.29) is 6.61 Å². The summed E-state index contributed by atoms with van der Waals surface area (Å²) in [6.07, 6.45) is 2.35. The maximum absolute atomic E-state index is 13.7. The van der Waals surface area contributed by atoms with Crippen molar-refractivity contribution in [3.05, 3.63) is 141 Å². The van der Waals surface area contributed by atoms with Crippen LogP contribution in [0.15, 0.2) is 79.4 Å². The quantitative estimate of drug-likeness (QED) is 0.110. The van der Waals surface area contributed by atoms with Gasteiger partial charge in [-0.25, -0.2) is 9.59 Å². The lowest BCUT2D eigenvalue weighted by Gasteiger charge is -2.21. The van der Waals surface area contributed by atoms with Gasteiger partial charge in [-0.3, -0.25) is 0 Å². The highest BCUT2D eigenvalue weighted by molar-refractivity contribution is 5.97. The third-order valence-electron chi connectivity index (χ3n) is 7.82. The molecule has 0 aromatic heterocycles. The second-order valence-corrected chi connectivity index (χ2v) is 10.6. The summed E-state index contributed by atoms with van der Waals surface area (Å²) in [5, 5.41) is 0. The minimum absolute atomic E-state index is 0.185. The van der Waals surface area contributed by atoms with E-state index in [2.05, 4.69) is 6.58 Å². The molecule has 0 amide bonds. The number of ether oxygens (including phenoxy) is 3. The highest BCUT2D eigenvalue weighted by atomic mass is 16.5. The van der Waals surface area contributed by atoms with E-state index in [0.717, 1.165) is 55.8 Å². The Morgan fingerprint density at radius 1 is 0.690 bits per heavy atom. The van der Waals surface area contributed by atoms with Crippen LogP contribution in [-0.2, 0) is 24.4 Å². The Kier molecular flexibility index (Phi) is 9.64. The van der Waals surface area contributed by atoms with E-state index in [1.54, 1.807) is 6.08 Å². The van der Waals surface area contributed by atoms with E-state index in [0.29, 0.717) is 29.9 Å². The molecule has 0 aliphatic rings. The first-order chi connectivity index (χ1) is 20.1. The zero-order valence-electron chi connectivity index (χ0n) is 25.3. The Bertz CT molecular complexity index is 1590. The fourth-order valence-electron chi connectivity index (χ4n) is 5.24. The average Bonchev–Trinajstić information content (AvgIpc) is 2.99. The van der Waals surface area contributed by atoms with E-state index < -0.39 is 11.9 Å². The number of hydrogen-bond acceptors (Lipinski definition) is 5. The lowest BCUT2D eigenvalue weighted by atomic mass is 9.92. The molecule has 0 aliphatic carbocycles. The van der Waals surface area contributed by atoms with Gasteiger partial charge in [0.15, 0.2) is 0 Å². The van der Waals surface area contributed by atoms with Crippen molar-refractivity contribution in [3.63, 3.8) is 0 Å². The standard InChI is InChI=1S/C37H38O5/c1-8-15-31-28(7)33(23(2)20-32(31)40-21-29-16-11-9-12-17-29)37(39)42-35-26(5)24(3)34(25(4)27(35)6)36(38)41-22-30-18-13-10-14-19-30/h8-14,16-20H,1,15,21-22H2,2-7H3. The summed E-state index contributed by atoms with van der Waals surface area (Å²) in [5.74, 6) is 0.338. The highest BCUT2D eigenvalue weighted by Crippen LogP contribution is 2.36. The van der Waals surface area contributed by atoms with Crippen LogP contribution in [0, 0.1) is 41.5 Å². The second-order valence-electron chi connectivity index (χ2n) is 10.6. The van der Waals surface area contributed by atoms with Crippen LogP contribution in [0.1, 0.15) is 70.8 Å². The van der Waals surface area contributed by atoms with Crippen molar-refractivity contribution in [1.82, 2.24) is 0 Å². The van der Waals surface area contributed by atoms with Gasteiger partial charge in [-0.15, -0.1) is 6.58 Å². The minimum atomic E-state index is -0.450. The topological polar surface area (TPSA) is 61.8 Å². The van der Waals surface area contributed by atoms with Crippen LogP contribution in [-0.4, -0.2) is 11.9 Å². The zero-order valence-corrected chi connectivity index (χ0v) is 25.3. The third kappa shape index (κ3) is 6.46. The number of allylic oxidation sites excluding steroid dienone is 1. The molecule has 0 aliphatic heterocycles. The first kappa shape index (κ1) is 30.3. The molecule has 4 aromatic rings. The number of hydrogen-bond donors (Lipinski definition) is 0. The SMILES string of the molecule is C=CCc1c(OCc2ccccc2)cc(C)c(C(=O)Oc2c(C)c(C)c(C(=O)OCc3ccccc3)c(C)c2C)c1C. The lowest BCUT2D eigenvalue weighted by Crippen LogP contribution is -2.18. The molecule has 0 saturated carbocycles. The van der Waals surface area contributed by atoms with Crippen molar-refractivity contribution >= 4 is 11.9 Å². The predicted molar refractivity (Wildman–Crippen MR) is 167 cm³/mol. The first-order valence-electron chi connectivity index (χ1n) is 14.1. The summed E-state index contributed by atoms with van der Waals surface area (Å²) in [6, 6.07) is 21.4. The summed E-state index contributed by atoms with van der Waals surface area (Å²) in [4.78, 5) is 26.9. The van der Waals surface area contributed by atoms with Crippen molar-refractivity contribution in [3.8, 4) is 11.5 Å². The molecular weight excluding hydrogens is 524 g/mol. The molecule has 4 rings (SSSR count). The molecule has 0 radical (unpaired) electrons. The number of carbonyl (C=O) groups excluding carboxylic acids is 2. The van der Waals surface area contributed by atoms with Gasteiger partial charge in [-0.1, -0.05) is 66.7 Å². The smallest absolute Gasteiger partial charge is 0.344 e. The first-order valence-corrected chi connectivity index (χ1v) is 14.1. The van der Waals surface area contributed by atoms with E-state index in [9.17, 15) is 9.59 Å². The summed E-state index contributed by atoms with van der Waals surface area (Å²) in [5.41, 5.74) is 8.34. The number of aryl methyl sites for hydroxylation is 1. The Morgan fingerprint density at radius 2 is 1.24 bits per heavy atom. The molecule has 0 bridgehead atoms. The van der Waals surface area contributed by atoms with Gasteiger partial charge >= 0.3 is 11.9 Å². The predicted octanol–water partition coefficient (Wildman–Crippen LogP) is 8.42. The van der Waals surface area contributed by atoms with Crippen LogP contribution in [0.25, 0.3) is 0 Å². The van der Waals surface area contributed by atoms with E-state index in [1.807, 2.05) is 108 Å². The monoisotopic (exact) mass is 562 g/mol. The average molecular weight is 563 g/mol. The Hall–Kier alpha value is -4.64. The van der Waals surface area contributed by atoms with Crippen molar-refractivity contribution in [1.29, 1.82) is 0 Å². The van der Waals surface area contributed by atoms with E-state index in [1.165, 1.54) is 0 Å². The zero-order chi connectivity index (χ0) is 30.4. The molecule has 0 saturated heterocycles. The molecule has 42 heavy (non-hydrogen) atoms. The van der Waals surface area contributed by atoms with Gasteiger partial charge < -0.3 is 14.2 Å². The summed E-state index contributed by atoms with van der Waals surface area (Å²) >= 11 is 0. The highest BCUT2D eigenvalue weighted by Gasteiger charge is 2.26. The maximum atomic E-state index is 13.7. The van der Waals surface area contributed by atoms with Gasteiger partial charge in [0.2, 0.25) is 0 Å². The molecule has 0 N–H and O–H groups in total. The van der Waals surface area contributed by atoms with E-state index in [4.69, 9.17) is 14.2 Å². The molecule has 0 heterocycles. The Labute approximate surface area is 248 Å². The van der Waals surface area contributed by atoms with Crippen LogP contribution >= 0.6 is 0 Å². The number of rotatable bonds is 10. The van der Waals surface area contributed by atoms with Crippen molar-refractivity contribution < 1.29 is 23.8 Å². The summed E-state index contributed by atoms with van der Waals surface area (Å²) in [6.45, 7) is 15.8. The fourth-order valence-corrected chi connectivity index (χ4v) is 5.24. The molecule has 0 spiro atoms. The fraction of sp³-hybridized carbons (Fsp3) is 0.243. The van der Waals surface area contributed by atoms with Gasteiger partial charge in [-0.2, -0.15) is 0 Å². The van der Waals surface area contributed by atoms with Crippen molar-refractivity contribution in [2.24, 2.45) is 0 Å². The Morgan fingerprint density at radius 3 is 1.79 bits per heavy atom. The van der Waals surface area contributed by atoms with Crippen LogP contribution < -0.4 is 9.47 Å². The molecule has 5 heteroatoms. The molecule has 0 atom stereocenters. The lowest BCUT2D eigenvalue weighted by molar-refractivity contribution is 0.0470. The number of esters is 2. The molecule has 216 valence electrons. The third-order valence-corrected chi connectivity index (χ3v) is 7.82. The van der Waals surface area contributed by atoms with Gasteiger partial charge in [0.25, 0.3) is 0 Å². The van der Waals surface area contributed by atoms with E-state index >= 15 is 0 Å². The van der Waals surface area contributed by atoms with Gasteiger partial charge in [-0.05, 0) is 98.5 Å². The van der Waals surface area contributed by atoms with Crippen molar-refractivity contribution in [2.75, 3.05) is 0 Å². The molecule has 4 aromatic carbocycles. The molecule has 0 unspecified atom stereocenters. The molecular formula is C37H38O5. The van der Waals surface area contributed by atoms with Gasteiger partial charge in [0.05, 0.1) is 11.1 Å². The molecule has 0 fully saturated rings. The van der Waals surface area contributed by atoms with Gasteiger partial charge in [0, 0.05) is 5.56 Å². The Balaban J connectivity index is 1.62. The second kappa shape index (κ2) is 13.3. The largest absolute Gasteiger partial charge is 0.489 e. The maximum Gasteiger partial charge on any atom is 0.344 e. The summed E-state index contributed by atoms with van der Waals surface area (Å²) in [7, 11) is 0. The van der Waals surface area contributed by atoms with Crippen molar-refractivity contribution in [2.45, 2.75) is 61.2 Å². The van der Waals surface area contributed by atoms with Crippen LogP contribution in [0.5, 0.6) is 11.5 Å². The van der Waals surface area contributed by atoms with Crippen LogP contribution in [0.4, 0.5) is 0 Å². The minimum Gasteiger partial charge on any atom is -0.489 e. The number of carbonyl (C=O) groups is 2. The van der Waals surface area contributed by atoms with Crippen LogP contribution in [0.2, 0.25) is 0 Å². The number of benzene rings is 4. The molecule has 5 nitrogen and oxygen atoms in total. The summed E-state index contributed by atoms with van der Waals surface area (Å²) < 4.78 is 17.9. The normalized spacial score (nSPS) is 10.7.